The van der Waals surface area contributed by atoms with Crippen LogP contribution < -0.4 is 10.6 Å². The molecule has 0 unspecified atom stereocenters. The summed E-state index contributed by atoms with van der Waals surface area (Å²) in [6, 6.07) is 15.3. The number of nitrogens with one attached hydrogen (secondary N) is 3. The summed E-state index contributed by atoms with van der Waals surface area (Å²) in [5, 5.41) is 12.0. The molecule has 0 radical (unpaired) electrons. The molecule has 0 fully saturated rings. The largest absolute Gasteiger partial charge is 0.340 e. The van der Waals surface area contributed by atoms with E-state index in [9.17, 15) is 9.59 Å². The van der Waals surface area contributed by atoms with Crippen molar-refractivity contribution >= 4 is 17.6 Å². The fourth-order valence-corrected chi connectivity index (χ4v) is 2.51. The Labute approximate surface area is 150 Å². The van der Waals surface area contributed by atoms with Gasteiger partial charge in [0.05, 0.1) is 17.8 Å². The summed E-state index contributed by atoms with van der Waals surface area (Å²) in [5.41, 5.74) is 1.33. The minimum atomic E-state index is -0.835. The van der Waals surface area contributed by atoms with Gasteiger partial charge in [-0.3, -0.25) is 19.7 Å². The van der Waals surface area contributed by atoms with Gasteiger partial charge in [0.2, 0.25) is 5.91 Å². The van der Waals surface area contributed by atoms with Gasteiger partial charge in [0, 0.05) is 12.3 Å². The first kappa shape index (κ1) is 17.3. The summed E-state index contributed by atoms with van der Waals surface area (Å²) in [5.74, 6) is -0.662. The number of H-pyrrole nitrogens is 1. The van der Waals surface area contributed by atoms with E-state index < -0.39 is 12.0 Å². The van der Waals surface area contributed by atoms with Crippen LogP contribution in [-0.2, 0) is 9.59 Å². The quantitative estimate of drug-likeness (QED) is 0.636. The summed E-state index contributed by atoms with van der Waals surface area (Å²) in [4.78, 5) is 29.6. The van der Waals surface area contributed by atoms with E-state index in [1.54, 1.807) is 43.5 Å². The SMILES string of the molecule is C[C@@H](C(=O)N[C@H](C(=O)Nc1ccn[nH]1)c1ccccc1)c1ccccn1. The van der Waals surface area contributed by atoms with Crippen molar-refractivity contribution in [2.45, 2.75) is 18.9 Å². The number of hydrogen-bond donors (Lipinski definition) is 3. The predicted molar refractivity (Wildman–Crippen MR) is 97.2 cm³/mol. The molecule has 1 aromatic carbocycles. The number of aromatic nitrogens is 3. The van der Waals surface area contributed by atoms with Crippen LogP contribution in [-0.4, -0.2) is 27.0 Å². The minimum absolute atomic E-state index is 0.280. The van der Waals surface area contributed by atoms with Crippen molar-refractivity contribution < 1.29 is 9.59 Å². The van der Waals surface area contributed by atoms with E-state index >= 15 is 0 Å². The Hall–Kier alpha value is -3.48. The van der Waals surface area contributed by atoms with E-state index in [2.05, 4.69) is 25.8 Å². The van der Waals surface area contributed by atoms with Crippen molar-refractivity contribution in [3.63, 3.8) is 0 Å². The molecular weight excluding hydrogens is 330 g/mol. The van der Waals surface area contributed by atoms with Gasteiger partial charge in [-0.25, -0.2) is 0 Å². The molecule has 0 aliphatic rings. The lowest BCUT2D eigenvalue weighted by molar-refractivity contribution is -0.127. The molecule has 2 heterocycles. The maximum atomic E-state index is 12.7. The number of aromatic amines is 1. The maximum absolute atomic E-state index is 12.7. The summed E-state index contributed by atoms with van der Waals surface area (Å²) in [6.45, 7) is 1.76. The highest BCUT2D eigenvalue weighted by atomic mass is 16.2. The van der Waals surface area contributed by atoms with Crippen molar-refractivity contribution in [3.05, 3.63) is 78.2 Å². The second-order valence-electron chi connectivity index (χ2n) is 5.79. The van der Waals surface area contributed by atoms with E-state index in [-0.39, 0.29) is 11.8 Å². The highest BCUT2D eigenvalue weighted by Gasteiger charge is 2.26. The predicted octanol–water partition coefficient (Wildman–Crippen LogP) is 2.40. The van der Waals surface area contributed by atoms with Crippen LogP contribution in [0, 0.1) is 0 Å². The smallest absolute Gasteiger partial charge is 0.252 e. The van der Waals surface area contributed by atoms with Gasteiger partial charge in [-0.15, -0.1) is 0 Å². The average Bonchev–Trinajstić information content (AvgIpc) is 3.19. The third kappa shape index (κ3) is 4.13. The molecule has 3 aromatic rings. The Morgan fingerprint density at radius 3 is 2.38 bits per heavy atom. The third-order valence-electron chi connectivity index (χ3n) is 3.97. The lowest BCUT2D eigenvalue weighted by atomic mass is 10.0. The fourth-order valence-electron chi connectivity index (χ4n) is 2.51. The van der Waals surface area contributed by atoms with Crippen molar-refractivity contribution in [2.24, 2.45) is 0 Å². The Balaban J connectivity index is 1.79. The van der Waals surface area contributed by atoms with Crippen LogP contribution in [0.2, 0.25) is 0 Å². The molecule has 132 valence electrons. The lowest BCUT2D eigenvalue weighted by Gasteiger charge is -2.20. The number of benzene rings is 1. The summed E-state index contributed by atoms with van der Waals surface area (Å²) in [7, 11) is 0. The molecule has 0 saturated heterocycles. The maximum Gasteiger partial charge on any atom is 0.252 e. The second-order valence-corrected chi connectivity index (χ2v) is 5.79. The molecule has 26 heavy (non-hydrogen) atoms. The first-order valence-electron chi connectivity index (χ1n) is 8.21. The number of pyridine rings is 1. The standard InChI is InChI=1S/C19H19N5O2/c1-13(15-9-5-6-11-20-15)18(25)23-17(14-7-3-2-4-8-14)19(26)22-16-10-12-21-24-16/h2-13,17H,1H3,(H,23,25)(H2,21,22,24,26)/t13-,17+/m1/s1. The van der Waals surface area contributed by atoms with Crippen LogP contribution >= 0.6 is 0 Å². The Bertz CT molecular complexity index is 850. The molecule has 7 heteroatoms. The van der Waals surface area contributed by atoms with E-state index in [0.29, 0.717) is 17.1 Å². The van der Waals surface area contributed by atoms with Crippen LogP contribution in [0.3, 0.4) is 0 Å². The summed E-state index contributed by atoms with van der Waals surface area (Å²) < 4.78 is 0. The van der Waals surface area contributed by atoms with Gasteiger partial charge in [0.15, 0.2) is 0 Å². The molecule has 0 spiro atoms. The molecule has 7 nitrogen and oxygen atoms in total. The minimum Gasteiger partial charge on any atom is -0.340 e. The van der Waals surface area contributed by atoms with Gasteiger partial charge >= 0.3 is 0 Å². The van der Waals surface area contributed by atoms with Crippen LogP contribution in [0.1, 0.15) is 30.1 Å². The van der Waals surface area contributed by atoms with E-state index in [1.165, 1.54) is 6.20 Å². The number of nitrogens with zero attached hydrogens (tertiary/aromatic N) is 2. The molecule has 0 aliphatic carbocycles. The van der Waals surface area contributed by atoms with Gasteiger partial charge in [-0.2, -0.15) is 5.10 Å². The molecule has 2 atom stereocenters. The Morgan fingerprint density at radius 1 is 0.962 bits per heavy atom. The average molecular weight is 349 g/mol. The van der Waals surface area contributed by atoms with Gasteiger partial charge in [-0.05, 0) is 24.6 Å². The highest BCUT2D eigenvalue weighted by molar-refractivity contribution is 5.98. The molecule has 2 aromatic heterocycles. The van der Waals surface area contributed by atoms with Crippen LogP contribution in [0.25, 0.3) is 0 Å². The fraction of sp³-hybridized carbons (Fsp3) is 0.158. The van der Waals surface area contributed by atoms with E-state index in [0.717, 1.165) is 0 Å². The number of carbonyl (C=O) groups excluding carboxylic acids is 2. The highest BCUT2D eigenvalue weighted by Crippen LogP contribution is 2.18. The molecule has 3 N–H and O–H groups in total. The van der Waals surface area contributed by atoms with Crippen LogP contribution in [0.15, 0.2) is 67.0 Å². The van der Waals surface area contributed by atoms with Crippen molar-refractivity contribution in [1.29, 1.82) is 0 Å². The number of anilines is 1. The zero-order valence-corrected chi connectivity index (χ0v) is 14.2. The molecule has 3 rings (SSSR count). The number of carbonyl (C=O) groups is 2. The van der Waals surface area contributed by atoms with Crippen LogP contribution in [0.4, 0.5) is 5.82 Å². The van der Waals surface area contributed by atoms with Crippen LogP contribution in [0.5, 0.6) is 0 Å². The van der Waals surface area contributed by atoms with Gasteiger partial charge < -0.3 is 10.6 Å². The molecular formula is C19H19N5O2. The number of rotatable bonds is 6. The van der Waals surface area contributed by atoms with Crippen molar-refractivity contribution in [1.82, 2.24) is 20.5 Å². The zero-order chi connectivity index (χ0) is 18.4. The number of amides is 2. The van der Waals surface area contributed by atoms with E-state index in [1.807, 2.05) is 24.3 Å². The van der Waals surface area contributed by atoms with Gasteiger partial charge in [-0.1, -0.05) is 36.4 Å². The van der Waals surface area contributed by atoms with Gasteiger partial charge in [0.25, 0.3) is 5.91 Å². The molecule has 0 saturated carbocycles. The lowest BCUT2D eigenvalue weighted by Crippen LogP contribution is -2.39. The number of hydrogen-bond acceptors (Lipinski definition) is 4. The molecule has 2 amide bonds. The summed E-state index contributed by atoms with van der Waals surface area (Å²) >= 11 is 0. The summed E-state index contributed by atoms with van der Waals surface area (Å²) in [6.07, 6.45) is 3.17. The molecule has 0 bridgehead atoms. The normalized spacial score (nSPS) is 12.8. The third-order valence-corrected chi connectivity index (χ3v) is 3.97. The van der Waals surface area contributed by atoms with Crippen molar-refractivity contribution in [3.8, 4) is 0 Å². The Morgan fingerprint density at radius 2 is 1.73 bits per heavy atom. The zero-order valence-electron chi connectivity index (χ0n) is 14.2. The topological polar surface area (TPSA) is 99.8 Å². The first-order chi connectivity index (χ1) is 12.6. The first-order valence-corrected chi connectivity index (χ1v) is 8.21. The molecule has 0 aliphatic heterocycles. The monoisotopic (exact) mass is 349 g/mol. The van der Waals surface area contributed by atoms with Gasteiger partial charge in [0.1, 0.15) is 11.9 Å². The van der Waals surface area contributed by atoms with E-state index in [4.69, 9.17) is 0 Å². The van der Waals surface area contributed by atoms with Crippen molar-refractivity contribution in [2.75, 3.05) is 5.32 Å². The second kappa shape index (κ2) is 8.06. The Kier molecular flexibility index (Phi) is 5.38.